The fraction of sp³-hybridized carbons (Fsp3) is 0.143. The summed E-state index contributed by atoms with van der Waals surface area (Å²) in [5.74, 6) is 0.00109. The van der Waals surface area contributed by atoms with Gasteiger partial charge in [-0.1, -0.05) is 23.7 Å². The molecule has 4 heteroatoms. The Morgan fingerprint density at radius 2 is 1.94 bits per heavy atom. The zero-order valence-electron chi connectivity index (χ0n) is 9.82. The van der Waals surface area contributed by atoms with Crippen LogP contribution >= 0.6 is 11.6 Å². The zero-order valence-corrected chi connectivity index (χ0v) is 10.6. The second kappa shape index (κ2) is 6.17. The molecule has 2 rings (SSSR count). The van der Waals surface area contributed by atoms with E-state index in [0.717, 1.165) is 11.1 Å². The van der Waals surface area contributed by atoms with E-state index in [1.165, 1.54) is 0 Å². The van der Waals surface area contributed by atoms with Crippen LogP contribution < -0.4 is 10.3 Å². The summed E-state index contributed by atoms with van der Waals surface area (Å²) < 4.78 is 0. The molecule has 0 fully saturated rings. The first-order valence-electron chi connectivity index (χ1n) is 5.70. The molecule has 1 amide bonds. The summed E-state index contributed by atoms with van der Waals surface area (Å²) in [5.41, 5.74) is 2.00. The van der Waals surface area contributed by atoms with Gasteiger partial charge in [-0.05, 0) is 23.8 Å². The van der Waals surface area contributed by atoms with Gasteiger partial charge >= 0.3 is 0 Å². The second-order valence-corrected chi connectivity index (χ2v) is 4.43. The van der Waals surface area contributed by atoms with Crippen LogP contribution in [0.5, 0.6) is 0 Å². The highest BCUT2D eigenvalue weighted by Gasteiger charge is 2.04. The molecule has 18 heavy (non-hydrogen) atoms. The van der Waals surface area contributed by atoms with E-state index < -0.39 is 0 Å². The number of hydrogen-bond donors (Lipinski definition) is 1. The Balaban J connectivity index is 1.84. The van der Waals surface area contributed by atoms with Gasteiger partial charge in [0.25, 0.3) is 0 Å². The maximum absolute atomic E-state index is 11.7. The number of benzene rings is 1. The fourth-order valence-electron chi connectivity index (χ4n) is 1.59. The van der Waals surface area contributed by atoms with Gasteiger partial charge in [-0.25, -0.2) is 4.98 Å². The van der Waals surface area contributed by atoms with Crippen LogP contribution in [0.1, 0.15) is 11.1 Å². The van der Waals surface area contributed by atoms with Gasteiger partial charge in [0.05, 0.1) is 6.42 Å². The summed E-state index contributed by atoms with van der Waals surface area (Å²) in [4.78, 5) is 14.7. The molecule has 0 unspecified atom stereocenters. The van der Waals surface area contributed by atoms with Crippen molar-refractivity contribution >= 4 is 17.5 Å². The average molecular weight is 262 g/mol. The lowest BCUT2D eigenvalue weighted by molar-refractivity contribution is -0.378. The number of carbonyl (C=O) groups is 1. The number of amides is 1. The topological polar surface area (TPSA) is 43.2 Å². The SMILES string of the molecule is O=C(Cc1ccc(Cl)cc1)NCc1ccc[nH+]c1. The van der Waals surface area contributed by atoms with E-state index in [4.69, 9.17) is 11.6 Å². The van der Waals surface area contributed by atoms with E-state index in [-0.39, 0.29) is 5.91 Å². The number of hydrogen-bond acceptors (Lipinski definition) is 1. The minimum Gasteiger partial charge on any atom is -0.352 e. The van der Waals surface area contributed by atoms with E-state index in [1.807, 2.05) is 36.7 Å². The van der Waals surface area contributed by atoms with Crippen molar-refractivity contribution in [1.82, 2.24) is 5.32 Å². The van der Waals surface area contributed by atoms with Crippen LogP contribution in [0, 0.1) is 0 Å². The van der Waals surface area contributed by atoms with Gasteiger partial charge in [-0.15, -0.1) is 0 Å². The lowest BCUT2D eigenvalue weighted by Gasteiger charge is -2.04. The molecule has 0 aliphatic heterocycles. The van der Waals surface area contributed by atoms with Crippen LogP contribution in [-0.4, -0.2) is 5.91 Å². The van der Waals surface area contributed by atoms with Crippen molar-refractivity contribution in [2.45, 2.75) is 13.0 Å². The summed E-state index contributed by atoms with van der Waals surface area (Å²) in [7, 11) is 0. The highest BCUT2D eigenvalue weighted by atomic mass is 35.5. The first-order valence-corrected chi connectivity index (χ1v) is 6.08. The number of rotatable bonds is 4. The largest absolute Gasteiger partial charge is 0.352 e. The summed E-state index contributed by atoms with van der Waals surface area (Å²) in [6.07, 6.45) is 4.06. The van der Waals surface area contributed by atoms with Crippen molar-refractivity contribution in [1.29, 1.82) is 0 Å². The summed E-state index contributed by atoms with van der Waals surface area (Å²) in [6, 6.07) is 11.2. The maximum Gasteiger partial charge on any atom is 0.224 e. The molecule has 0 spiro atoms. The molecule has 2 N–H and O–H groups in total. The van der Waals surface area contributed by atoms with Gasteiger partial charge in [0.1, 0.15) is 0 Å². The Morgan fingerprint density at radius 1 is 1.17 bits per heavy atom. The lowest BCUT2D eigenvalue weighted by Crippen LogP contribution is -2.25. The Kier molecular flexibility index (Phi) is 4.31. The number of pyridine rings is 1. The number of carbonyl (C=O) groups excluding carboxylic acids is 1. The summed E-state index contributed by atoms with van der Waals surface area (Å²) in [5, 5.41) is 3.55. The van der Waals surface area contributed by atoms with Crippen molar-refractivity contribution < 1.29 is 9.78 Å². The van der Waals surface area contributed by atoms with Crippen molar-refractivity contribution in [2.75, 3.05) is 0 Å². The molecule has 0 aliphatic rings. The lowest BCUT2D eigenvalue weighted by atomic mass is 10.1. The van der Waals surface area contributed by atoms with Gasteiger partial charge in [0.2, 0.25) is 5.91 Å². The monoisotopic (exact) mass is 261 g/mol. The number of aromatic nitrogens is 1. The second-order valence-electron chi connectivity index (χ2n) is 3.99. The van der Waals surface area contributed by atoms with E-state index in [0.29, 0.717) is 18.0 Å². The molecule has 1 aromatic carbocycles. The van der Waals surface area contributed by atoms with Crippen LogP contribution in [0.15, 0.2) is 48.8 Å². The third-order valence-corrected chi connectivity index (χ3v) is 2.79. The molecule has 2 aromatic rings. The molecule has 92 valence electrons. The molecule has 0 radical (unpaired) electrons. The summed E-state index contributed by atoms with van der Waals surface area (Å²) in [6.45, 7) is 0.532. The fourth-order valence-corrected chi connectivity index (χ4v) is 1.72. The smallest absolute Gasteiger partial charge is 0.224 e. The predicted octanol–water partition coefficient (Wildman–Crippen LogP) is 2.01. The van der Waals surface area contributed by atoms with Crippen LogP contribution in [0.25, 0.3) is 0 Å². The number of aromatic amines is 1. The van der Waals surface area contributed by atoms with Crippen LogP contribution in [0.3, 0.4) is 0 Å². The molecular formula is C14H14ClN2O+. The Hall–Kier alpha value is -1.87. The first-order chi connectivity index (χ1) is 8.74. The number of H-pyrrole nitrogens is 1. The predicted molar refractivity (Wildman–Crippen MR) is 70.0 cm³/mol. The van der Waals surface area contributed by atoms with Crippen molar-refractivity contribution in [2.24, 2.45) is 0 Å². The van der Waals surface area contributed by atoms with E-state index in [9.17, 15) is 4.79 Å². The zero-order chi connectivity index (χ0) is 12.8. The third kappa shape index (κ3) is 3.86. The van der Waals surface area contributed by atoms with E-state index in [2.05, 4.69) is 10.3 Å². The standard InChI is InChI=1S/C14H13ClN2O/c15-13-5-3-11(4-6-13)8-14(18)17-10-12-2-1-7-16-9-12/h1-7,9H,8,10H2,(H,17,18)/p+1. The first kappa shape index (κ1) is 12.6. The Bertz CT molecular complexity index is 511. The average Bonchev–Trinajstić information content (AvgIpc) is 2.40. The quantitative estimate of drug-likeness (QED) is 0.899. The Labute approximate surface area is 111 Å². The molecule has 3 nitrogen and oxygen atoms in total. The summed E-state index contributed by atoms with van der Waals surface area (Å²) >= 11 is 5.79. The van der Waals surface area contributed by atoms with Gasteiger partial charge < -0.3 is 5.32 Å². The number of nitrogens with one attached hydrogen (secondary N) is 2. The van der Waals surface area contributed by atoms with Gasteiger partial charge in [0.15, 0.2) is 12.4 Å². The third-order valence-electron chi connectivity index (χ3n) is 2.54. The normalized spacial score (nSPS) is 10.1. The van der Waals surface area contributed by atoms with Crippen molar-refractivity contribution in [3.8, 4) is 0 Å². The minimum atomic E-state index is 0.00109. The van der Waals surface area contributed by atoms with Crippen molar-refractivity contribution in [3.63, 3.8) is 0 Å². The molecule has 1 aromatic heterocycles. The molecule has 0 atom stereocenters. The molecule has 1 heterocycles. The molecular weight excluding hydrogens is 248 g/mol. The molecule has 0 saturated carbocycles. The van der Waals surface area contributed by atoms with Crippen LogP contribution in [-0.2, 0) is 17.8 Å². The van der Waals surface area contributed by atoms with Crippen molar-refractivity contribution in [3.05, 3.63) is 64.9 Å². The highest BCUT2D eigenvalue weighted by Crippen LogP contribution is 2.09. The maximum atomic E-state index is 11.7. The van der Waals surface area contributed by atoms with E-state index in [1.54, 1.807) is 12.1 Å². The minimum absolute atomic E-state index is 0.00109. The van der Waals surface area contributed by atoms with E-state index >= 15 is 0 Å². The van der Waals surface area contributed by atoms with Crippen LogP contribution in [0.2, 0.25) is 5.02 Å². The Morgan fingerprint density at radius 3 is 2.61 bits per heavy atom. The molecule has 0 aliphatic carbocycles. The molecule has 0 bridgehead atoms. The van der Waals surface area contributed by atoms with Gasteiger partial charge in [0, 0.05) is 23.2 Å². The number of halogens is 1. The van der Waals surface area contributed by atoms with Gasteiger partial charge in [-0.2, -0.15) is 0 Å². The van der Waals surface area contributed by atoms with Crippen LogP contribution in [0.4, 0.5) is 0 Å². The van der Waals surface area contributed by atoms with Gasteiger partial charge in [-0.3, -0.25) is 4.79 Å². The molecule has 0 saturated heterocycles. The highest BCUT2D eigenvalue weighted by molar-refractivity contribution is 6.30.